The molecule has 1 heterocycles. The van der Waals surface area contributed by atoms with E-state index in [0.717, 1.165) is 13.0 Å². The van der Waals surface area contributed by atoms with E-state index in [1.807, 2.05) is 13.8 Å². The van der Waals surface area contributed by atoms with Gasteiger partial charge in [0.25, 0.3) is 0 Å². The highest BCUT2D eigenvalue weighted by molar-refractivity contribution is 5.80. The van der Waals surface area contributed by atoms with Gasteiger partial charge in [0.2, 0.25) is 5.91 Å². The molecule has 1 rings (SSSR count). The molecule has 0 radical (unpaired) electrons. The third-order valence-corrected chi connectivity index (χ3v) is 3.69. The molecule has 3 atom stereocenters. The summed E-state index contributed by atoms with van der Waals surface area (Å²) in [5.41, 5.74) is 0. The number of hydrogen-bond donors (Lipinski definition) is 3. The van der Waals surface area contributed by atoms with E-state index in [9.17, 15) is 9.59 Å². The van der Waals surface area contributed by atoms with Gasteiger partial charge in [0.05, 0.1) is 25.0 Å². The van der Waals surface area contributed by atoms with Crippen molar-refractivity contribution in [2.75, 3.05) is 26.3 Å². The highest BCUT2D eigenvalue weighted by Gasteiger charge is 2.34. The lowest BCUT2D eigenvalue weighted by molar-refractivity contribution is -0.143. The first-order valence-corrected chi connectivity index (χ1v) is 7.29. The third kappa shape index (κ3) is 4.76. The topological polar surface area (TPSA) is 87.7 Å². The number of rotatable bonds is 8. The number of hydrogen-bond acceptors (Lipinski definition) is 4. The standard InChI is InChI=1S/C14H26N2O4/c1-4-5-15-12-8-20-7-11(12)13(17)16-6-10(9(2)3)14(18)19/h9-12,15H,4-8H2,1-3H3,(H,16,17)(H,18,19). The van der Waals surface area contributed by atoms with E-state index < -0.39 is 11.9 Å². The summed E-state index contributed by atoms with van der Waals surface area (Å²) in [4.78, 5) is 23.2. The lowest BCUT2D eigenvalue weighted by atomic mass is 9.95. The van der Waals surface area contributed by atoms with Crippen LogP contribution in [0.15, 0.2) is 0 Å². The largest absolute Gasteiger partial charge is 0.481 e. The van der Waals surface area contributed by atoms with Crippen molar-refractivity contribution >= 4 is 11.9 Å². The van der Waals surface area contributed by atoms with Crippen LogP contribution < -0.4 is 10.6 Å². The van der Waals surface area contributed by atoms with Crippen LogP contribution in [-0.2, 0) is 14.3 Å². The zero-order valence-corrected chi connectivity index (χ0v) is 12.5. The Morgan fingerprint density at radius 1 is 1.35 bits per heavy atom. The van der Waals surface area contributed by atoms with Crippen LogP contribution in [-0.4, -0.2) is 49.3 Å². The summed E-state index contributed by atoms with van der Waals surface area (Å²) in [7, 11) is 0. The zero-order chi connectivity index (χ0) is 15.1. The Morgan fingerprint density at radius 2 is 2.05 bits per heavy atom. The molecule has 6 nitrogen and oxygen atoms in total. The van der Waals surface area contributed by atoms with Crippen molar-refractivity contribution in [2.45, 2.75) is 33.2 Å². The molecule has 0 bridgehead atoms. The number of amides is 1. The van der Waals surface area contributed by atoms with E-state index in [-0.39, 0.29) is 30.3 Å². The first kappa shape index (κ1) is 16.9. The molecule has 1 aliphatic rings. The Kier molecular flexibility index (Phi) is 6.95. The number of carboxylic acids is 1. The molecule has 116 valence electrons. The van der Waals surface area contributed by atoms with E-state index in [4.69, 9.17) is 9.84 Å². The van der Waals surface area contributed by atoms with Crippen molar-refractivity contribution in [2.24, 2.45) is 17.8 Å². The minimum atomic E-state index is -0.872. The molecule has 0 aromatic carbocycles. The number of carboxylic acid groups (broad SMARTS) is 1. The molecule has 0 aromatic rings. The highest BCUT2D eigenvalue weighted by atomic mass is 16.5. The number of nitrogens with one attached hydrogen (secondary N) is 2. The highest BCUT2D eigenvalue weighted by Crippen LogP contribution is 2.15. The first-order valence-electron chi connectivity index (χ1n) is 7.29. The van der Waals surface area contributed by atoms with E-state index in [1.165, 1.54) is 0 Å². The first-order chi connectivity index (χ1) is 9.47. The van der Waals surface area contributed by atoms with Crippen LogP contribution in [0.1, 0.15) is 27.2 Å². The fraction of sp³-hybridized carbons (Fsp3) is 0.857. The minimum Gasteiger partial charge on any atom is -0.481 e. The minimum absolute atomic E-state index is 0.0124. The van der Waals surface area contributed by atoms with Crippen LogP contribution in [0.2, 0.25) is 0 Å². The van der Waals surface area contributed by atoms with Gasteiger partial charge in [0.1, 0.15) is 0 Å². The van der Waals surface area contributed by atoms with Gasteiger partial charge in [-0.25, -0.2) is 0 Å². The number of aliphatic carboxylic acids is 1. The maximum Gasteiger partial charge on any atom is 0.308 e. The molecule has 20 heavy (non-hydrogen) atoms. The Labute approximate surface area is 120 Å². The molecule has 3 unspecified atom stereocenters. The number of ether oxygens (including phenoxy) is 1. The fourth-order valence-electron chi connectivity index (χ4n) is 2.29. The van der Waals surface area contributed by atoms with Gasteiger partial charge in [-0.15, -0.1) is 0 Å². The average molecular weight is 286 g/mol. The van der Waals surface area contributed by atoms with Crippen LogP contribution in [0.3, 0.4) is 0 Å². The molecule has 0 aliphatic carbocycles. The van der Waals surface area contributed by atoms with Gasteiger partial charge in [-0.3, -0.25) is 9.59 Å². The summed E-state index contributed by atoms with van der Waals surface area (Å²) >= 11 is 0. The molecular weight excluding hydrogens is 260 g/mol. The SMILES string of the molecule is CCCNC1COCC1C(=O)NCC(C(=O)O)C(C)C. The normalized spacial score (nSPS) is 23.8. The second kappa shape index (κ2) is 8.21. The van der Waals surface area contributed by atoms with E-state index in [2.05, 4.69) is 17.6 Å². The molecule has 1 fully saturated rings. The van der Waals surface area contributed by atoms with Crippen molar-refractivity contribution in [3.8, 4) is 0 Å². The fourth-order valence-corrected chi connectivity index (χ4v) is 2.29. The molecule has 1 aliphatic heterocycles. The lowest BCUT2D eigenvalue weighted by Crippen LogP contribution is -2.46. The predicted molar refractivity (Wildman–Crippen MR) is 75.4 cm³/mol. The van der Waals surface area contributed by atoms with Crippen molar-refractivity contribution in [3.05, 3.63) is 0 Å². The second-order valence-electron chi connectivity index (χ2n) is 5.64. The Morgan fingerprint density at radius 3 is 2.60 bits per heavy atom. The smallest absolute Gasteiger partial charge is 0.308 e. The molecule has 0 saturated carbocycles. The van der Waals surface area contributed by atoms with Gasteiger partial charge in [-0.05, 0) is 18.9 Å². The number of carbonyl (C=O) groups is 2. The quantitative estimate of drug-likeness (QED) is 0.604. The maximum atomic E-state index is 12.1. The zero-order valence-electron chi connectivity index (χ0n) is 12.5. The van der Waals surface area contributed by atoms with Crippen molar-refractivity contribution in [1.29, 1.82) is 0 Å². The Bertz CT molecular complexity index is 333. The van der Waals surface area contributed by atoms with Gasteiger partial charge in [-0.1, -0.05) is 20.8 Å². The van der Waals surface area contributed by atoms with E-state index in [1.54, 1.807) is 0 Å². The molecule has 0 spiro atoms. The van der Waals surface area contributed by atoms with Gasteiger partial charge in [0, 0.05) is 12.6 Å². The molecule has 3 N–H and O–H groups in total. The Hall–Kier alpha value is -1.14. The molecule has 1 saturated heterocycles. The third-order valence-electron chi connectivity index (χ3n) is 3.69. The number of carbonyl (C=O) groups excluding carboxylic acids is 1. The van der Waals surface area contributed by atoms with Crippen molar-refractivity contribution in [3.63, 3.8) is 0 Å². The van der Waals surface area contributed by atoms with Crippen molar-refractivity contribution < 1.29 is 19.4 Å². The summed E-state index contributed by atoms with van der Waals surface area (Å²) in [5, 5.41) is 15.1. The summed E-state index contributed by atoms with van der Waals surface area (Å²) in [6.45, 7) is 7.70. The molecule has 0 aromatic heterocycles. The van der Waals surface area contributed by atoms with E-state index in [0.29, 0.717) is 13.2 Å². The summed E-state index contributed by atoms with van der Waals surface area (Å²) in [6, 6.07) is 0.0253. The van der Waals surface area contributed by atoms with Gasteiger partial charge < -0.3 is 20.5 Å². The molecule has 6 heteroatoms. The Balaban J connectivity index is 2.46. The van der Waals surface area contributed by atoms with Crippen molar-refractivity contribution in [1.82, 2.24) is 10.6 Å². The van der Waals surface area contributed by atoms with Gasteiger partial charge in [0.15, 0.2) is 0 Å². The van der Waals surface area contributed by atoms with Crippen LogP contribution in [0.5, 0.6) is 0 Å². The van der Waals surface area contributed by atoms with Gasteiger partial charge in [-0.2, -0.15) is 0 Å². The van der Waals surface area contributed by atoms with Crippen LogP contribution in [0, 0.1) is 17.8 Å². The molecule has 1 amide bonds. The summed E-state index contributed by atoms with van der Waals surface area (Å²) in [6.07, 6.45) is 0.999. The van der Waals surface area contributed by atoms with E-state index >= 15 is 0 Å². The van der Waals surface area contributed by atoms with Crippen LogP contribution in [0.4, 0.5) is 0 Å². The van der Waals surface area contributed by atoms with Crippen LogP contribution in [0.25, 0.3) is 0 Å². The average Bonchev–Trinajstić information content (AvgIpc) is 2.83. The van der Waals surface area contributed by atoms with Gasteiger partial charge >= 0.3 is 5.97 Å². The summed E-state index contributed by atoms with van der Waals surface area (Å²) in [5.74, 6) is -1.79. The van der Waals surface area contributed by atoms with Crippen LogP contribution >= 0.6 is 0 Å². The summed E-state index contributed by atoms with van der Waals surface area (Å²) < 4.78 is 5.35. The monoisotopic (exact) mass is 286 g/mol. The predicted octanol–water partition coefficient (Wildman–Crippen LogP) is 0.474. The second-order valence-corrected chi connectivity index (χ2v) is 5.64. The lowest BCUT2D eigenvalue weighted by Gasteiger charge is -2.21. The molecular formula is C14H26N2O4. The maximum absolute atomic E-state index is 12.1.